The Labute approximate surface area is 146 Å². The molecule has 0 saturated heterocycles. The number of amides is 1. The average molecular weight is 353 g/mol. The molecule has 7 heteroatoms. The number of hydrogen-bond acceptors (Lipinski definition) is 5. The molecule has 0 aliphatic carbocycles. The van der Waals surface area contributed by atoms with Crippen LogP contribution in [0.1, 0.15) is 38.1 Å². The molecule has 2 heterocycles. The highest BCUT2D eigenvalue weighted by molar-refractivity contribution is 5.99. The van der Waals surface area contributed by atoms with Crippen LogP contribution in [-0.2, 0) is 4.74 Å². The number of fused-ring (bicyclic) bond motifs is 2. The molecule has 26 heavy (non-hydrogen) atoms. The maximum Gasteiger partial charge on any atom is 0.337 e. The van der Waals surface area contributed by atoms with Crippen LogP contribution < -0.4 is 10.7 Å². The highest BCUT2D eigenvalue weighted by Gasteiger charge is 2.36. The Balaban J connectivity index is 1.86. The number of ether oxygens (including phenoxy) is 1. The molecule has 1 atom stereocenters. The zero-order valence-corrected chi connectivity index (χ0v) is 13.5. The number of carbonyl (C=O) groups excluding carboxylic acids is 2. The third-order valence-corrected chi connectivity index (χ3v) is 4.32. The Bertz CT molecular complexity index is 1120. The van der Waals surface area contributed by atoms with Crippen molar-refractivity contribution in [3.8, 4) is 0 Å². The zero-order chi connectivity index (χ0) is 18.4. The summed E-state index contributed by atoms with van der Waals surface area (Å²) in [5.41, 5.74) is 0.730. The molecule has 2 aromatic carbocycles. The van der Waals surface area contributed by atoms with Gasteiger partial charge in [-0.25, -0.2) is 9.18 Å². The topological polar surface area (TPSA) is 85.6 Å². The zero-order valence-electron chi connectivity index (χ0n) is 13.5. The number of carbonyl (C=O) groups is 2. The fourth-order valence-corrected chi connectivity index (χ4v) is 3.06. The number of benzene rings is 2. The van der Waals surface area contributed by atoms with Crippen LogP contribution in [0.3, 0.4) is 0 Å². The molecule has 0 unspecified atom stereocenters. The van der Waals surface area contributed by atoms with Crippen LogP contribution >= 0.6 is 0 Å². The van der Waals surface area contributed by atoms with Crippen molar-refractivity contribution in [1.82, 2.24) is 5.32 Å². The van der Waals surface area contributed by atoms with Crippen molar-refractivity contribution >= 4 is 22.8 Å². The van der Waals surface area contributed by atoms with E-state index in [0.717, 1.165) is 12.1 Å². The monoisotopic (exact) mass is 353 g/mol. The predicted octanol–water partition coefficient (Wildman–Crippen LogP) is 2.55. The molecule has 0 fully saturated rings. The average Bonchev–Trinajstić information content (AvgIpc) is 2.99. The summed E-state index contributed by atoms with van der Waals surface area (Å²) in [4.78, 5) is 36.6. The Morgan fingerprint density at radius 2 is 1.88 bits per heavy atom. The van der Waals surface area contributed by atoms with E-state index in [-0.39, 0.29) is 22.3 Å². The third kappa shape index (κ3) is 2.36. The second kappa shape index (κ2) is 5.80. The van der Waals surface area contributed by atoms with Gasteiger partial charge in [0.05, 0.1) is 29.7 Å². The lowest BCUT2D eigenvalue weighted by molar-refractivity contribution is 0.0600. The molecule has 1 aliphatic rings. The van der Waals surface area contributed by atoms with Gasteiger partial charge in [-0.2, -0.15) is 0 Å². The Kier molecular flexibility index (Phi) is 3.57. The van der Waals surface area contributed by atoms with Gasteiger partial charge in [0.15, 0.2) is 5.43 Å². The molecule has 1 amide bonds. The first-order chi connectivity index (χ1) is 12.5. The first-order valence-electron chi connectivity index (χ1n) is 7.75. The summed E-state index contributed by atoms with van der Waals surface area (Å²) in [5, 5.41) is 2.75. The van der Waals surface area contributed by atoms with Gasteiger partial charge in [0.1, 0.15) is 11.4 Å². The number of halogens is 1. The van der Waals surface area contributed by atoms with Gasteiger partial charge in [0.25, 0.3) is 5.91 Å². The van der Waals surface area contributed by atoms with E-state index in [4.69, 9.17) is 4.42 Å². The van der Waals surface area contributed by atoms with E-state index in [0.29, 0.717) is 11.1 Å². The highest BCUT2D eigenvalue weighted by atomic mass is 19.1. The van der Waals surface area contributed by atoms with Gasteiger partial charge in [0, 0.05) is 0 Å². The quantitative estimate of drug-likeness (QED) is 0.716. The smallest absolute Gasteiger partial charge is 0.337 e. The SMILES string of the molecule is COC(=O)c1ccc([C@@H]2NC(=O)c3oc4ccc(F)cc4c(=O)c32)cc1. The van der Waals surface area contributed by atoms with Crippen LogP contribution in [0.2, 0.25) is 0 Å². The molecule has 0 bridgehead atoms. The molecule has 1 N–H and O–H groups in total. The van der Waals surface area contributed by atoms with Crippen LogP contribution in [0.15, 0.2) is 51.7 Å². The molecule has 0 spiro atoms. The lowest BCUT2D eigenvalue weighted by Gasteiger charge is -2.12. The molecular formula is C19H12FNO5. The van der Waals surface area contributed by atoms with E-state index in [9.17, 15) is 18.8 Å². The standard InChI is InChI=1S/C19H12FNO5/c1-25-19(24)10-4-2-9(3-5-10)15-14-16(22)12-8-11(20)6-7-13(12)26-17(14)18(23)21-15/h2-8,15H,1H3,(H,21,23)/t15-/m0/s1. The van der Waals surface area contributed by atoms with Crippen molar-refractivity contribution in [2.24, 2.45) is 0 Å². The van der Waals surface area contributed by atoms with Crippen molar-refractivity contribution in [3.63, 3.8) is 0 Å². The summed E-state index contributed by atoms with van der Waals surface area (Å²) in [5.74, 6) is -1.67. The molecular weight excluding hydrogens is 341 g/mol. The first-order valence-corrected chi connectivity index (χ1v) is 7.75. The summed E-state index contributed by atoms with van der Waals surface area (Å²) < 4.78 is 23.7. The molecule has 3 aromatic rings. The second-order valence-electron chi connectivity index (χ2n) is 5.83. The fourth-order valence-electron chi connectivity index (χ4n) is 3.06. The van der Waals surface area contributed by atoms with Crippen molar-refractivity contribution in [2.45, 2.75) is 6.04 Å². The molecule has 4 rings (SSSR count). The van der Waals surface area contributed by atoms with Crippen LogP contribution in [0.25, 0.3) is 11.0 Å². The minimum atomic E-state index is -0.742. The van der Waals surface area contributed by atoms with E-state index in [1.54, 1.807) is 12.1 Å². The number of methoxy groups -OCH3 is 1. The fraction of sp³-hybridized carbons (Fsp3) is 0.105. The Hall–Kier alpha value is -3.48. The van der Waals surface area contributed by atoms with Gasteiger partial charge in [-0.1, -0.05) is 12.1 Å². The number of esters is 1. The molecule has 130 valence electrons. The van der Waals surface area contributed by atoms with Crippen LogP contribution in [0, 0.1) is 5.82 Å². The summed E-state index contributed by atoms with van der Waals surface area (Å²) in [6.07, 6.45) is 0. The van der Waals surface area contributed by atoms with E-state index < -0.39 is 29.2 Å². The number of hydrogen-bond donors (Lipinski definition) is 1. The van der Waals surface area contributed by atoms with Gasteiger partial charge in [-0.05, 0) is 35.9 Å². The number of rotatable bonds is 2. The Morgan fingerprint density at radius 1 is 1.15 bits per heavy atom. The van der Waals surface area contributed by atoms with Crippen molar-refractivity contribution in [2.75, 3.05) is 7.11 Å². The molecule has 1 aromatic heterocycles. The largest absolute Gasteiger partial charge is 0.465 e. The molecule has 0 radical (unpaired) electrons. The second-order valence-corrected chi connectivity index (χ2v) is 5.83. The van der Waals surface area contributed by atoms with E-state index >= 15 is 0 Å². The van der Waals surface area contributed by atoms with Crippen LogP contribution in [0.5, 0.6) is 0 Å². The maximum absolute atomic E-state index is 13.5. The normalized spacial score (nSPS) is 15.6. The van der Waals surface area contributed by atoms with Gasteiger partial charge in [-0.15, -0.1) is 0 Å². The lowest BCUT2D eigenvalue weighted by atomic mass is 9.98. The predicted molar refractivity (Wildman–Crippen MR) is 89.5 cm³/mol. The van der Waals surface area contributed by atoms with E-state index in [2.05, 4.69) is 10.1 Å². The first kappa shape index (κ1) is 16.0. The van der Waals surface area contributed by atoms with Crippen LogP contribution in [0.4, 0.5) is 4.39 Å². The van der Waals surface area contributed by atoms with Crippen molar-refractivity contribution in [1.29, 1.82) is 0 Å². The van der Waals surface area contributed by atoms with Crippen LogP contribution in [-0.4, -0.2) is 19.0 Å². The van der Waals surface area contributed by atoms with E-state index in [1.165, 1.54) is 25.3 Å². The van der Waals surface area contributed by atoms with E-state index in [1.807, 2.05) is 0 Å². The molecule has 0 saturated carbocycles. The molecule has 6 nitrogen and oxygen atoms in total. The third-order valence-electron chi connectivity index (χ3n) is 4.32. The minimum absolute atomic E-state index is 0.0661. The lowest BCUT2D eigenvalue weighted by Crippen LogP contribution is -2.22. The highest BCUT2D eigenvalue weighted by Crippen LogP contribution is 2.31. The molecule has 1 aliphatic heterocycles. The van der Waals surface area contributed by atoms with Gasteiger partial charge in [-0.3, -0.25) is 9.59 Å². The summed E-state index contributed by atoms with van der Waals surface area (Å²) in [6, 6.07) is 9.12. The summed E-state index contributed by atoms with van der Waals surface area (Å²) in [7, 11) is 1.28. The van der Waals surface area contributed by atoms with Crippen molar-refractivity contribution < 1.29 is 23.1 Å². The Morgan fingerprint density at radius 3 is 2.58 bits per heavy atom. The van der Waals surface area contributed by atoms with Gasteiger partial charge >= 0.3 is 5.97 Å². The summed E-state index contributed by atoms with van der Waals surface area (Å²) in [6.45, 7) is 0. The minimum Gasteiger partial charge on any atom is -0.465 e. The number of nitrogens with one attached hydrogen (secondary N) is 1. The van der Waals surface area contributed by atoms with Gasteiger partial charge < -0.3 is 14.5 Å². The van der Waals surface area contributed by atoms with Gasteiger partial charge in [0.2, 0.25) is 5.76 Å². The van der Waals surface area contributed by atoms with Crippen molar-refractivity contribution in [3.05, 3.63) is 81.0 Å². The summed E-state index contributed by atoms with van der Waals surface area (Å²) >= 11 is 0. The maximum atomic E-state index is 13.5.